The fraction of sp³-hybridized carbons (Fsp3) is 0.312. The number of aromatic nitrogens is 2. The number of rotatable bonds is 1. The molecule has 1 aliphatic rings. The van der Waals surface area contributed by atoms with Gasteiger partial charge >= 0.3 is 0 Å². The van der Waals surface area contributed by atoms with Gasteiger partial charge in [0.15, 0.2) is 0 Å². The van der Waals surface area contributed by atoms with Gasteiger partial charge in [-0.1, -0.05) is 12.1 Å². The number of fused-ring (bicyclic) bond motifs is 1. The van der Waals surface area contributed by atoms with Gasteiger partial charge in [-0.05, 0) is 60.6 Å². The monoisotopic (exact) mass is 256 g/mol. The Bertz CT molecular complexity index is 625. The highest BCUT2D eigenvalue weighted by molar-refractivity contribution is 5.81. The molecule has 98 valence electrons. The van der Waals surface area contributed by atoms with E-state index in [2.05, 4.69) is 11.2 Å². The third-order valence-corrected chi connectivity index (χ3v) is 3.65. The lowest BCUT2D eigenvalue weighted by Crippen LogP contribution is -1.98. The van der Waals surface area contributed by atoms with Crippen LogP contribution >= 0.6 is 0 Å². The van der Waals surface area contributed by atoms with Gasteiger partial charge in [0.1, 0.15) is 5.82 Å². The molecule has 2 aromatic rings. The van der Waals surface area contributed by atoms with Crippen LogP contribution in [-0.2, 0) is 13.5 Å². The van der Waals surface area contributed by atoms with E-state index in [1.807, 2.05) is 24.0 Å². The summed E-state index contributed by atoms with van der Waals surface area (Å²) in [4.78, 5) is 0. The number of halogens is 1. The maximum Gasteiger partial charge on any atom is 0.123 e. The maximum absolute atomic E-state index is 13.3. The highest BCUT2D eigenvalue weighted by Gasteiger charge is 2.16. The molecule has 19 heavy (non-hydrogen) atoms. The summed E-state index contributed by atoms with van der Waals surface area (Å²) >= 11 is 0. The highest BCUT2D eigenvalue weighted by atomic mass is 19.1. The maximum atomic E-state index is 13.3. The average molecular weight is 256 g/mol. The molecule has 1 aromatic heterocycles. The largest absolute Gasteiger partial charge is 0.268 e. The molecule has 3 heteroatoms. The predicted molar refractivity (Wildman–Crippen MR) is 75.0 cm³/mol. The van der Waals surface area contributed by atoms with Crippen molar-refractivity contribution in [1.29, 1.82) is 0 Å². The Labute approximate surface area is 112 Å². The van der Waals surface area contributed by atoms with Crippen molar-refractivity contribution in [3.63, 3.8) is 0 Å². The summed E-state index contributed by atoms with van der Waals surface area (Å²) in [5.74, 6) is -0.187. The summed E-state index contributed by atoms with van der Waals surface area (Å²) in [5, 5.41) is 4.35. The molecule has 1 aromatic carbocycles. The zero-order valence-corrected chi connectivity index (χ0v) is 11.1. The lowest BCUT2D eigenvalue weighted by atomic mass is 10.0. The number of aryl methyl sites for hydroxylation is 2. The van der Waals surface area contributed by atoms with Crippen molar-refractivity contribution in [1.82, 2.24) is 9.78 Å². The van der Waals surface area contributed by atoms with Crippen molar-refractivity contribution in [3.05, 3.63) is 53.1 Å². The second kappa shape index (κ2) is 5.00. The van der Waals surface area contributed by atoms with Crippen LogP contribution in [0.3, 0.4) is 0 Å². The Balaban J connectivity index is 2.06. The minimum absolute atomic E-state index is 0.187. The van der Waals surface area contributed by atoms with Gasteiger partial charge in [0.05, 0.1) is 11.9 Å². The van der Waals surface area contributed by atoms with Crippen LogP contribution in [0.15, 0.2) is 30.5 Å². The Morgan fingerprint density at radius 1 is 1.26 bits per heavy atom. The molecular formula is C16H17FN2. The lowest BCUT2D eigenvalue weighted by Gasteiger charge is -2.07. The number of hydrogen-bond donors (Lipinski definition) is 0. The average Bonchev–Trinajstić information content (AvgIpc) is 2.63. The number of hydrogen-bond acceptors (Lipinski definition) is 1. The third kappa shape index (κ3) is 2.46. The number of allylic oxidation sites excluding steroid dienone is 1. The first-order chi connectivity index (χ1) is 9.24. The van der Waals surface area contributed by atoms with Gasteiger partial charge in [-0.15, -0.1) is 0 Å². The van der Waals surface area contributed by atoms with E-state index in [9.17, 15) is 4.39 Å². The van der Waals surface area contributed by atoms with Gasteiger partial charge in [0.2, 0.25) is 0 Å². The van der Waals surface area contributed by atoms with E-state index in [4.69, 9.17) is 0 Å². The quantitative estimate of drug-likeness (QED) is 0.709. The first-order valence-electron chi connectivity index (χ1n) is 6.71. The van der Waals surface area contributed by atoms with Gasteiger partial charge in [-0.25, -0.2) is 4.39 Å². The van der Waals surface area contributed by atoms with Crippen LogP contribution in [0.1, 0.15) is 36.1 Å². The minimum atomic E-state index is -0.187. The summed E-state index contributed by atoms with van der Waals surface area (Å²) in [6.07, 6.45) is 8.54. The molecule has 0 atom stereocenters. The van der Waals surface area contributed by atoms with E-state index in [1.165, 1.54) is 35.7 Å². The van der Waals surface area contributed by atoms with Crippen LogP contribution in [0.2, 0.25) is 0 Å². The van der Waals surface area contributed by atoms with E-state index in [-0.39, 0.29) is 5.82 Å². The van der Waals surface area contributed by atoms with Crippen LogP contribution in [0.4, 0.5) is 4.39 Å². The molecule has 0 spiro atoms. The van der Waals surface area contributed by atoms with Crippen LogP contribution in [-0.4, -0.2) is 9.78 Å². The van der Waals surface area contributed by atoms with Crippen LogP contribution in [0.5, 0.6) is 0 Å². The first-order valence-corrected chi connectivity index (χ1v) is 6.71. The number of nitrogens with zero attached hydrogens (tertiary/aromatic N) is 2. The Kier molecular flexibility index (Phi) is 3.20. The van der Waals surface area contributed by atoms with E-state index in [1.54, 1.807) is 12.1 Å². The zero-order valence-electron chi connectivity index (χ0n) is 11.1. The van der Waals surface area contributed by atoms with Crippen molar-refractivity contribution in [2.75, 3.05) is 0 Å². The summed E-state index contributed by atoms with van der Waals surface area (Å²) in [6, 6.07) is 6.75. The molecule has 0 radical (unpaired) electrons. The molecule has 1 aliphatic carbocycles. The summed E-state index contributed by atoms with van der Waals surface area (Å²) < 4.78 is 15.2. The standard InChI is InChI=1S/C16H17FN2/c1-19-16-13(6-2-3-7-14(16)11-18-19)9-12-5-4-8-15(17)10-12/h4-5,8-11H,2-3,6-7H2,1H3/b13-9+. The molecule has 2 nitrogen and oxygen atoms in total. The highest BCUT2D eigenvalue weighted by Crippen LogP contribution is 2.30. The van der Waals surface area contributed by atoms with Crippen molar-refractivity contribution in [2.45, 2.75) is 25.7 Å². The second-order valence-corrected chi connectivity index (χ2v) is 5.07. The zero-order chi connectivity index (χ0) is 13.2. The summed E-state index contributed by atoms with van der Waals surface area (Å²) in [5.41, 5.74) is 4.70. The normalized spacial score (nSPS) is 17.3. The fourth-order valence-electron chi connectivity index (χ4n) is 2.77. The van der Waals surface area contributed by atoms with E-state index < -0.39 is 0 Å². The van der Waals surface area contributed by atoms with Crippen molar-refractivity contribution in [3.8, 4) is 0 Å². The number of benzene rings is 1. The SMILES string of the molecule is Cn1ncc2c1/C(=C/c1cccc(F)c1)CCCC2. The van der Waals surface area contributed by atoms with Gasteiger partial charge < -0.3 is 0 Å². The topological polar surface area (TPSA) is 17.8 Å². The van der Waals surface area contributed by atoms with Gasteiger partial charge in [-0.2, -0.15) is 5.10 Å². The third-order valence-electron chi connectivity index (χ3n) is 3.65. The predicted octanol–water partition coefficient (Wildman–Crippen LogP) is 3.83. The molecule has 0 amide bonds. The molecule has 0 unspecified atom stereocenters. The molecule has 0 saturated heterocycles. The van der Waals surface area contributed by atoms with Crippen molar-refractivity contribution in [2.24, 2.45) is 7.05 Å². The van der Waals surface area contributed by atoms with E-state index in [0.717, 1.165) is 18.4 Å². The van der Waals surface area contributed by atoms with E-state index in [0.29, 0.717) is 0 Å². The molecule has 0 fully saturated rings. The minimum Gasteiger partial charge on any atom is -0.268 e. The molecule has 0 aliphatic heterocycles. The van der Waals surface area contributed by atoms with Gasteiger partial charge in [0.25, 0.3) is 0 Å². The van der Waals surface area contributed by atoms with Crippen molar-refractivity contribution < 1.29 is 4.39 Å². The first kappa shape index (κ1) is 12.2. The second-order valence-electron chi connectivity index (χ2n) is 5.07. The van der Waals surface area contributed by atoms with Gasteiger partial charge in [-0.3, -0.25) is 4.68 Å². The smallest absolute Gasteiger partial charge is 0.123 e. The molecule has 1 heterocycles. The van der Waals surface area contributed by atoms with Crippen LogP contribution in [0.25, 0.3) is 11.6 Å². The molecular weight excluding hydrogens is 239 g/mol. The molecule has 0 N–H and O–H groups in total. The fourth-order valence-corrected chi connectivity index (χ4v) is 2.77. The van der Waals surface area contributed by atoms with Crippen LogP contribution in [0, 0.1) is 5.82 Å². The summed E-state index contributed by atoms with van der Waals surface area (Å²) in [7, 11) is 1.98. The Morgan fingerprint density at radius 2 is 2.11 bits per heavy atom. The molecule has 0 saturated carbocycles. The van der Waals surface area contributed by atoms with Gasteiger partial charge in [0, 0.05) is 7.05 Å². The Hall–Kier alpha value is -1.90. The summed E-state index contributed by atoms with van der Waals surface area (Å²) in [6.45, 7) is 0. The lowest BCUT2D eigenvalue weighted by molar-refractivity contribution is 0.627. The van der Waals surface area contributed by atoms with E-state index >= 15 is 0 Å². The Morgan fingerprint density at radius 3 is 2.95 bits per heavy atom. The van der Waals surface area contributed by atoms with Crippen LogP contribution < -0.4 is 0 Å². The molecule has 3 rings (SSSR count). The molecule has 0 bridgehead atoms. The van der Waals surface area contributed by atoms with Crippen molar-refractivity contribution >= 4 is 11.6 Å².